The van der Waals surface area contributed by atoms with Crippen molar-refractivity contribution in [2.45, 2.75) is 39.2 Å². The van der Waals surface area contributed by atoms with Gasteiger partial charge in [0.2, 0.25) is 11.8 Å². The Morgan fingerprint density at radius 3 is 2.34 bits per heavy atom. The number of amides is 1. The van der Waals surface area contributed by atoms with Gasteiger partial charge in [-0.1, -0.05) is 49.4 Å². The number of hydrogen-bond donors (Lipinski definition) is 1. The van der Waals surface area contributed by atoms with Gasteiger partial charge in [-0.05, 0) is 67.3 Å². The van der Waals surface area contributed by atoms with Gasteiger partial charge < -0.3 is 14.3 Å². The van der Waals surface area contributed by atoms with E-state index in [1.165, 1.54) is 4.90 Å². The Morgan fingerprint density at radius 2 is 1.68 bits per heavy atom. The van der Waals surface area contributed by atoms with E-state index in [-0.39, 0.29) is 5.91 Å². The molecule has 4 aromatic rings. The van der Waals surface area contributed by atoms with Gasteiger partial charge in [-0.2, -0.15) is 0 Å². The molecule has 5 rings (SSSR count). The molecule has 7 heteroatoms. The lowest BCUT2D eigenvalue weighted by molar-refractivity contribution is -0.149. The first-order chi connectivity index (χ1) is 18.4. The molecule has 7 nitrogen and oxygen atoms in total. The Bertz CT molecular complexity index is 1410. The number of carbonyl (C=O) groups is 2. The summed E-state index contributed by atoms with van der Waals surface area (Å²) in [6.45, 7) is 4.39. The van der Waals surface area contributed by atoms with E-state index in [4.69, 9.17) is 9.15 Å². The van der Waals surface area contributed by atoms with Crippen LogP contribution in [0.15, 0.2) is 83.3 Å². The van der Waals surface area contributed by atoms with Crippen LogP contribution in [0.2, 0.25) is 0 Å². The Hall–Kier alpha value is -4.39. The van der Waals surface area contributed by atoms with E-state index in [2.05, 4.69) is 11.9 Å². The fourth-order valence-electron chi connectivity index (χ4n) is 4.82. The first-order valence-corrected chi connectivity index (χ1v) is 12.8. The van der Waals surface area contributed by atoms with E-state index >= 15 is 0 Å². The molecule has 1 aliphatic heterocycles. The first-order valence-electron chi connectivity index (χ1n) is 12.8. The van der Waals surface area contributed by atoms with Gasteiger partial charge in [-0.25, -0.2) is 9.78 Å². The van der Waals surface area contributed by atoms with Crippen LogP contribution in [0.4, 0.5) is 5.69 Å². The first kappa shape index (κ1) is 25.3. The summed E-state index contributed by atoms with van der Waals surface area (Å²) in [4.78, 5) is 30.9. The number of carboxylic acid groups (broad SMARTS) is 1. The van der Waals surface area contributed by atoms with Crippen molar-refractivity contribution in [2.24, 2.45) is 5.92 Å². The average Bonchev–Trinajstić information content (AvgIpc) is 3.31. The van der Waals surface area contributed by atoms with Crippen LogP contribution in [0.25, 0.3) is 11.5 Å². The molecule has 1 aliphatic rings. The number of aromatic nitrogens is 1. The van der Waals surface area contributed by atoms with Gasteiger partial charge >= 0.3 is 5.97 Å². The second-order valence-electron chi connectivity index (χ2n) is 9.45. The lowest BCUT2D eigenvalue weighted by Crippen LogP contribution is -2.65. The number of oxazole rings is 1. The molecular formula is C31H30N2O5. The minimum atomic E-state index is -0.993. The van der Waals surface area contributed by atoms with Gasteiger partial charge in [-0.3, -0.25) is 9.69 Å². The van der Waals surface area contributed by atoms with Crippen LogP contribution in [-0.2, 0) is 28.9 Å². The minimum Gasteiger partial charge on any atom is -0.493 e. The van der Waals surface area contributed by atoms with E-state index in [9.17, 15) is 14.7 Å². The molecule has 2 atom stereocenters. The summed E-state index contributed by atoms with van der Waals surface area (Å²) in [5, 5.41) is 9.83. The molecule has 1 amide bonds. The molecule has 0 spiro atoms. The number of hydrogen-bond acceptors (Lipinski definition) is 5. The number of aliphatic carboxylic acids is 1. The third-order valence-electron chi connectivity index (χ3n) is 6.99. The highest BCUT2D eigenvalue weighted by Gasteiger charge is 2.52. The topological polar surface area (TPSA) is 92.9 Å². The van der Waals surface area contributed by atoms with Crippen molar-refractivity contribution < 1.29 is 23.8 Å². The predicted octanol–water partition coefficient (Wildman–Crippen LogP) is 5.49. The van der Waals surface area contributed by atoms with Gasteiger partial charge in [0, 0.05) is 17.7 Å². The summed E-state index contributed by atoms with van der Waals surface area (Å²) in [5.74, 6) is 0.317. The summed E-state index contributed by atoms with van der Waals surface area (Å²) < 4.78 is 11.7. The zero-order valence-electron chi connectivity index (χ0n) is 21.5. The van der Waals surface area contributed by atoms with Gasteiger partial charge in [0.15, 0.2) is 0 Å². The quantitative estimate of drug-likeness (QED) is 0.284. The van der Waals surface area contributed by atoms with Gasteiger partial charge in [0.25, 0.3) is 0 Å². The van der Waals surface area contributed by atoms with E-state index in [0.717, 1.165) is 34.6 Å². The summed E-state index contributed by atoms with van der Waals surface area (Å²) in [6.07, 6.45) is 1.85. The van der Waals surface area contributed by atoms with Gasteiger partial charge in [-0.15, -0.1) is 0 Å². The number of benzene rings is 3. The summed E-state index contributed by atoms with van der Waals surface area (Å²) in [6, 6.07) is 23.9. The largest absolute Gasteiger partial charge is 0.493 e. The zero-order chi connectivity index (χ0) is 26.6. The molecule has 194 valence electrons. The second-order valence-corrected chi connectivity index (χ2v) is 9.45. The van der Waals surface area contributed by atoms with Crippen molar-refractivity contribution >= 4 is 17.6 Å². The number of anilines is 1. The summed E-state index contributed by atoms with van der Waals surface area (Å²) in [5.41, 5.74) is 4.45. The molecule has 2 heterocycles. The maximum atomic E-state index is 12.9. The zero-order valence-corrected chi connectivity index (χ0v) is 21.5. The van der Waals surface area contributed by atoms with Gasteiger partial charge in [0.1, 0.15) is 17.6 Å². The Kier molecular flexibility index (Phi) is 7.26. The highest BCUT2D eigenvalue weighted by molar-refractivity contribution is 6.10. The van der Waals surface area contributed by atoms with Crippen LogP contribution in [0, 0.1) is 12.8 Å². The minimum absolute atomic E-state index is 0.167. The highest BCUT2D eigenvalue weighted by atomic mass is 16.5. The second kappa shape index (κ2) is 10.9. The maximum absolute atomic E-state index is 12.9. The standard InChI is InChI=1S/C31H30N2O5/c1-3-21-9-13-24(14-10-21)33-28(31(35)36)26(30(33)34)19-22-11-15-25(16-12-22)37-18-17-27-20(2)38-29(32-27)23-7-5-4-6-8-23/h4-16,26,28H,3,17-19H2,1-2H3,(H,35,36)/t26-,28-/m0/s1. The maximum Gasteiger partial charge on any atom is 0.327 e. The third kappa shape index (κ3) is 5.18. The highest BCUT2D eigenvalue weighted by Crippen LogP contribution is 2.35. The smallest absolute Gasteiger partial charge is 0.327 e. The lowest BCUT2D eigenvalue weighted by atomic mass is 9.81. The van der Waals surface area contributed by atoms with Crippen molar-refractivity contribution in [1.82, 2.24) is 4.98 Å². The molecule has 1 aromatic heterocycles. The molecule has 1 N–H and O–H groups in total. The van der Waals surface area contributed by atoms with E-state index < -0.39 is 17.9 Å². The van der Waals surface area contributed by atoms with Crippen LogP contribution < -0.4 is 9.64 Å². The Labute approximate surface area is 221 Å². The monoisotopic (exact) mass is 510 g/mol. The van der Waals surface area contributed by atoms with Crippen LogP contribution in [0.1, 0.15) is 29.5 Å². The number of nitrogens with zero attached hydrogens (tertiary/aromatic N) is 2. The fourth-order valence-corrected chi connectivity index (χ4v) is 4.82. The van der Waals surface area contributed by atoms with Crippen LogP contribution in [0.5, 0.6) is 5.75 Å². The number of β-lactam (4-membered cyclic amide) rings is 1. The number of carboxylic acids is 1. The third-order valence-corrected chi connectivity index (χ3v) is 6.99. The molecule has 1 fully saturated rings. The Morgan fingerprint density at radius 1 is 1.00 bits per heavy atom. The molecule has 0 aliphatic carbocycles. The molecule has 0 radical (unpaired) electrons. The molecule has 0 bridgehead atoms. The molecular weight excluding hydrogens is 480 g/mol. The number of rotatable bonds is 10. The Balaban J connectivity index is 1.17. The van der Waals surface area contributed by atoms with Crippen LogP contribution in [0.3, 0.4) is 0 Å². The van der Waals surface area contributed by atoms with Crippen molar-refractivity contribution in [3.63, 3.8) is 0 Å². The predicted molar refractivity (Wildman–Crippen MR) is 144 cm³/mol. The molecule has 0 unspecified atom stereocenters. The van der Waals surface area contributed by atoms with Crippen molar-refractivity contribution in [2.75, 3.05) is 11.5 Å². The molecule has 1 saturated heterocycles. The summed E-state index contributed by atoms with van der Waals surface area (Å²) in [7, 11) is 0. The SMILES string of the molecule is CCc1ccc(N2C(=O)[C@@H](Cc3ccc(OCCc4nc(-c5ccccc5)oc4C)cc3)[C@H]2C(=O)O)cc1. The molecule has 3 aromatic carbocycles. The van der Waals surface area contributed by atoms with Crippen LogP contribution in [-0.4, -0.2) is 34.6 Å². The summed E-state index contributed by atoms with van der Waals surface area (Å²) >= 11 is 0. The van der Waals surface area contributed by atoms with Crippen molar-refractivity contribution in [3.05, 3.63) is 101 Å². The molecule has 0 saturated carbocycles. The van der Waals surface area contributed by atoms with E-state index in [1.807, 2.05) is 85.8 Å². The van der Waals surface area contributed by atoms with E-state index in [1.54, 1.807) is 0 Å². The number of carbonyl (C=O) groups excluding carboxylic acids is 1. The fraction of sp³-hybridized carbons (Fsp3) is 0.258. The number of aryl methyl sites for hydroxylation is 2. The van der Waals surface area contributed by atoms with Crippen LogP contribution >= 0.6 is 0 Å². The normalized spacial score (nSPS) is 16.8. The average molecular weight is 511 g/mol. The molecule has 38 heavy (non-hydrogen) atoms. The lowest BCUT2D eigenvalue weighted by Gasteiger charge is -2.44. The van der Waals surface area contributed by atoms with Gasteiger partial charge in [0.05, 0.1) is 18.2 Å². The number of ether oxygens (including phenoxy) is 1. The van der Waals surface area contributed by atoms with Crippen molar-refractivity contribution in [1.29, 1.82) is 0 Å². The van der Waals surface area contributed by atoms with E-state index in [0.29, 0.717) is 36.8 Å². The van der Waals surface area contributed by atoms with Crippen molar-refractivity contribution in [3.8, 4) is 17.2 Å².